The topological polar surface area (TPSA) is 81.9 Å². The van der Waals surface area contributed by atoms with Gasteiger partial charge in [0.25, 0.3) is 5.91 Å². The number of nitrogens with zero attached hydrogens (tertiary/aromatic N) is 1. The maximum Gasteiger partial charge on any atom is 0.254 e. The van der Waals surface area contributed by atoms with Gasteiger partial charge in [-0.2, -0.15) is 0 Å². The van der Waals surface area contributed by atoms with Gasteiger partial charge < -0.3 is 20.1 Å². The normalized spacial score (nSPS) is 10.8. The molecule has 6 nitrogen and oxygen atoms in total. The fourth-order valence-electron chi connectivity index (χ4n) is 2.15. The highest BCUT2D eigenvalue weighted by molar-refractivity contribution is 5.97. The monoisotopic (exact) mass is 336 g/mol. The molecular formula is C18H28N2O4. The Labute approximate surface area is 143 Å². The zero-order valence-electron chi connectivity index (χ0n) is 15.2. The van der Waals surface area contributed by atoms with Crippen LogP contribution in [-0.2, 0) is 4.79 Å². The summed E-state index contributed by atoms with van der Waals surface area (Å²) in [6.07, 6.45) is 0.934. The molecule has 1 rings (SSSR count). The molecule has 6 heteroatoms. The predicted octanol–water partition coefficient (Wildman–Crippen LogP) is 2.46. The SMILES string of the molecule is COc1cc(C(=O)N(CC(N)=O)C(C)C)ccc1OCCC(C)C. The zero-order valence-corrected chi connectivity index (χ0v) is 15.2. The number of amides is 2. The zero-order chi connectivity index (χ0) is 18.3. The molecule has 0 aromatic heterocycles. The molecule has 134 valence electrons. The predicted molar refractivity (Wildman–Crippen MR) is 93.3 cm³/mol. The number of carbonyl (C=O) groups excluding carboxylic acids is 2. The molecule has 0 aliphatic heterocycles. The molecule has 0 radical (unpaired) electrons. The molecule has 0 heterocycles. The van der Waals surface area contributed by atoms with Crippen molar-refractivity contribution in [2.75, 3.05) is 20.3 Å². The summed E-state index contributed by atoms with van der Waals surface area (Å²) in [7, 11) is 1.53. The third-order valence-electron chi connectivity index (χ3n) is 3.57. The van der Waals surface area contributed by atoms with Gasteiger partial charge in [-0.1, -0.05) is 13.8 Å². The standard InChI is InChI=1S/C18H28N2O4/c1-12(2)8-9-24-15-7-6-14(10-16(15)23-5)18(22)20(13(3)4)11-17(19)21/h6-7,10,12-13H,8-9,11H2,1-5H3,(H2,19,21). The number of hydrogen-bond donors (Lipinski definition) is 1. The van der Waals surface area contributed by atoms with E-state index in [4.69, 9.17) is 15.2 Å². The van der Waals surface area contributed by atoms with Gasteiger partial charge in [-0.3, -0.25) is 9.59 Å². The summed E-state index contributed by atoms with van der Waals surface area (Å²) in [5.74, 6) is 0.826. The second-order valence-electron chi connectivity index (χ2n) is 6.39. The van der Waals surface area contributed by atoms with Gasteiger partial charge in [0.2, 0.25) is 5.91 Å². The van der Waals surface area contributed by atoms with E-state index >= 15 is 0 Å². The van der Waals surface area contributed by atoms with E-state index in [0.29, 0.717) is 29.6 Å². The van der Waals surface area contributed by atoms with E-state index in [0.717, 1.165) is 6.42 Å². The number of carbonyl (C=O) groups is 2. The molecule has 1 aromatic rings. The van der Waals surface area contributed by atoms with E-state index in [9.17, 15) is 9.59 Å². The van der Waals surface area contributed by atoms with E-state index in [1.165, 1.54) is 12.0 Å². The molecule has 0 saturated heterocycles. The highest BCUT2D eigenvalue weighted by atomic mass is 16.5. The summed E-state index contributed by atoms with van der Waals surface area (Å²) in [4.78, 5) is 25.2. The van der Waals surface area contributed by atoms with Crippen molar-refractivity contribution in [2.45, 2.75) is 40.2 Å². The van der Waals surface area contributed by atoms with Gasteiger partial charge in [0, 0.05) is 11.6 Å². The lowest BCUT2D eigenvalue weighted by Crippen LogP contribution is -2.42. The molecule has 0 aliphatic rings. The van der Waals surface area contributed by atoms with Crippen molar-refractivity contribution in [3.63, 3.8) is 0 Å². The van der Waals surface area contributed by atoms with Gasteiger partial charge in [-0.25, -0.2) is 0 Å². The first kappa shape index (κ1) is 19.8. The Hall–Kier alpha value is -2.24. The first-order valence-corrected chi connectivity index (χ1v) is 8.16. The van der Waals surface area contributed by atoms with Gasteiger partial charge in [0.05, 0.1) is 20.3 Å². The van der Waals surface area contributed by atoms with Crippen LogP contribution in [0.2, 0.25) is 0 Å². The Kier molecular flexibility index (Phi) is 7.55. The van der Waals surface area contributed by atoms with E-state index < -0.39 is 5.91 Å². The number of nitrogens with two attached hydrogens (primary N) is 1. The second kappa shape index (κ2) is 9.15. The Bertz CT molecular complexity index is 570. The molecule has 0 fully saturated rings. The van der Waals surface area contributed by atoms with Gasteiger partial charge in [-0.15, -0.1) is 0 Å². The van der Waals surface area contributed by atoms with Crippen molar-refractivity contribution in [2.24, 2.45) is 11.7 Å². The van der Waals surface area contributed by atoms with Crippen molar-refractivity contribution in [1.29, 1.82) is 0 Å². The summed E-state index contributed by atoms with van der Waals surface area (Å²) in [5, 5.41) is 0. The molecule has 2 amide bonds. The van der Waals surface area contributed by atoms with Gasteiger partial charge >= 0.3 is 0 Å². The van der Waals surface area contributed by atoms with Crippen LogP contribution in [0.3, 0.4) is 0 Å². The van der Waals surface area contributed by atoms with Crippen LogP contribution in [0.5, 0.6) is 11.5 Å². The minimum atomic E-state index is -0.544. The Balaban J connectivity index is 2.95. The summed E-state index contributed by atoms with van der Waals surface area (Å²) in [6.45, 7) is 8.39. The van der Waals surface area contributed by atoms with E-state index in [2.05, 4.69) is 13.8 Å². The van der Waals surface area contributed by atoms with Crippen LogP contribution in [0.15, 0.2) is 18.2 Å². The summed E-state index contributed by atoms with van der Waals surface area (Å²) < 4.78 is 11.0. The third kappa shape index (κ3) is 5.76. The van der Waals surface area contributed by atoms with Crippen LogP contribution in [0, 0.1) is 5.92 Å². The van der Waals surface area contributed by atoms with Gasteiger partial charge in [0.1, 0.15) is 0 Å². The first-order valence-electron chi connectivity index (χ1n) is 8.16. The van der Waals surface area contributed by atoms with Crippen LogP contribution in [0.25, 0.3) is 0 Å². The first-order chi connectivity index (χ1) is 11.3. The molecule has 0 saturated carbocycles. The summed E-state index contributed by atoms with van der Waals surface area (Å²) >= 11 is 0. The lowest BCUT2D eigenvalue weighted by Gasteiger charge is -2.25. The number of primary amides is 1. The molecule has 0 unspecified atom stereocenters. The molecule has 0 atom stereocenters. The number of ether oxygens (including phenoxy) is 2. The minimum Gasteiger partial charge on any atom is -0.493 e. The maximum atomic E-state index is 12.6. The maximum absolute atomic E-state index is 12.6. The number of methoxy groups -OCH3 is 1. The molecule has 0 aliphatic carbocycles. The molecule has 1 aromatic carbocycles. The Morgan fingerprint density at radius 3 is 2.33 bits per heavy atom. The molecule has 2 N–H and O–H groups in total. The van der Waals surface area contributed by atoms with Crippen LogP contribution in [-0.4, -0.2) is 43.0 Å². The average Bonchev–Trinajstić information content (AvgIpc) is 2.51. The number of hydrogen-bond acceptors (Lipinski definition) is 4. The number of benzene rings is 1. The van der Waals surface area contributed by atoms with Crippen molar-refractivity contribution in [1.82, 2.24) is 4.90 Å². The fraction of sp³-hybridized carbons (Fsp3) is 0.556. The van der Waals surface area contributed by atoms with Gasteiger partial charge in [-0.05, 0) is 44.4 Å². The van der Waals surface area contributed by atoms with Crippen molar-refractivity contribution in [3.05, 3.63) is 23.8 Å². The quantitative estimate of drug-likeness (QED) is 0.751. The largest absolute Gasteiger partial charge is 0.493 e. The van der Waals surface area contributed by atoms with Crippen LogP contribution < -0.4 is 15.2 Å². The van der Waals surface area contributed by atoms with Crippen LogP contribution >= 0.6 is 0 Å². The van der Waals surface area contributed by atoms with Crippen molar-refractivity contribution >= 4 is 11.8 Å². The van der Waals surface area contributed by atoms with Crippen LogP contribution in [0.4, 0.5) is 0 Å². The second-order valence-corrected chi connectivity index (χ2v) is 6.39. The third-order valence-corrected chi connectivity index (χ3v) is 3.57. The Morgan fingerprint density at radius 1 is 1.17 bits per heavy atom. The molecular weight excluding hydrogens is 308 g/mol. The van der Waals surface area contributed by atoms with Gasteiger partial charge in [0.15, 0.2) is 11.5 Å². The molecule has 0 bridgehead atoms. The van der Waals surface area contributed by atoms with Crippen LogP contribution in [0.1, 0.15) is 44.5 Å². The molecule has 24 heavy (non-hydrogen) atoms. The van der Waals surface area contributed by atoms with Crippen molar-refractivity contribution in [3.8, 4) is 11.5 Å². The minimum absolute atomic E-state index is 0.120. The van der Waals surface area contributed by atoms with E-state index in [1.807, 2.05) is 13.8 Å². The lowest BCUT2D eigenvalue weighted by molar-refractivity contribution is -0.119. The smallest absolute Gasteiger partial charge is 0.254 e. The van der Waals surface area contributed by atoms with Crippen molar-refractivity contribution < 1.29 is 19.1 Å². The highest BCUT2D eigenvalue weighted by Crippen LogP contribution is 2.29. The summed E-state index contributed by atoms with van der Waals surface area (Å²) in [6, 6.07) is 4.88. The Morgan fingerprint density at radius 2 is 1.83 bits per heavy atom. The molecule has 0 spiro atoms. The fourth-order valence-corrected chi connectivity index (χ4v) is 2.15. The number of rotatable bonds is 9. The van der Waals surface area contributed by atoms with E-state index in [1.54, 1.807) is 18.2 Å². The summed E-state index contributed by atoms with van der Waals surface area (Å²) in [5.41, 5.74) is 5.66. The average molecular weight is 336 g/mol. The highest BCUT2D eigenvalue weighted by Gasteiger charge is 2.21. The lowest BCUT2D eigenvalue weighted by atomic mass is 10.1. The van der Waals surface area contributed by atoms with E-state index in [-0.39, 0.29) is 18.5 Å².